The summed E-state index contributed by atoms with van der Waals surface area (Å²) >= 11 is 5.95. The van der Waals surface area contributed by atoms with E-state index in [-0.39, 0.29) is 14.8 Å². The van der Waals surface area contributed by atoms with Gasteiger partial charge in [0.1, 0.15) is 4.90 Å². The van der Waals surface area contributed by atoms with Crippen LogP contribution in [0.25, 0.3) is 0 Å². The lowest BCUT2D eigenvalue weighted by Crippen LogP contribution is -2.32. The minimum Gasteiger partial charge on any atom is -0.274 e. The molecule has 0 unspecified atom stereocenters. The number of hydrogen-bond acceptors (Lipinski definition) is 5. The number of nitrogens with one attached hydrogen (secondary N) is 1. The number of rotatable bonds is 8. The molecule has 0 heterocycles. The molecule has 24 heavy (non-hydrogen) atoms. The molecule has 136 valence electrons. The van der Waals surface area contributed by atoms with Gasteiger partial charge in [-0.3, -0.25) is 4.79 Å². The maximum atomic E-state index is 12.7. The molecule has 1 aromatic rings. The van der Waals surface area contributed by atoms with Crippen molar-refractivity contribution in [2.75, 3.05) is 13.1 Å². The standard InChI is InChI=1S/C14H21ClN2O5S2/c1-4-8-17(9-5-2)24(21,22)12-6-7-14(13(15)10-12)23(19,20)16-11(3)18/h6-7,10H,4-5,8-9H2,1-3H3,(H,16,18). The largest absolute Gasteiger partial charge is 0.274 e. The summed E-state index contributed by atoms with van der Waals surface area (Å²) in [6.07, 6.45) is 1.31. The third-order valence-corrected chi connectivity index (χ3v) is 6.87. The zero-order chi connectivity index (χ0) is 18.5. The van der Waals surface area contributed by atoms with Crippen molar-refractivity contribution >= 4 is 37.6 Å². The number of hydrogen-bond donors (Lipinski definition) is 1. The monoisotopic (exact) mass is 396 g/mol. The quantitative estimate of drug-likeness (QED) is 0.724. The fourth-order valence-electron chi connectivity index (χ4n) is 2.10. The molecular weight excluding hydrogens is 376 g/mol. The molecule has 1 amide bonds. The van der Waals surface area contributed by atoms with E-state index in [1.807, 2.05) is 13.8 Å². The van der Waals surface area contributed by atoms with Gasteiger partial charge >= 0.3 is 0 Å². The molecule has 0 fully saturated rings. The summed E-state index contributed by atoms with van der Waals surface area (Å²) in [6, 6.07) is 3.34. The highest BCUT2D eigenvalue weighted by molar-refractivity contribution is 7.90. The summed E-state index contributed by atoms with van der Waals surface area (Å²) in [7, 11) is -7.90. The molecule has 10 heteroatoms. The Kier molecular flexibility index (Phi) is 7.21. The Morgan fingerprint density at radius 1 is 1.12 bits per heavy atom. The van der Waals surface area contributed by atoms with Crippen molar-refractivity contribution in [3.05, 3.63) is 23.2 Å². The molecule has 0 radical (unpaired) electrons. The van der Waals surface area contributed by atoms with Gasteiger partial charge in [0.2, 0.25) is 15.9 Å². The molecule has 1 aromatic carbocycles. The van der Waals surface area contributed by atoms with Crippen molar-refractivity contribution < 1.29 is 21.6 Å². The number of nitrogens with zero attached hydrogens (tertiary/aromatic N) is 1. The highest BCUT2D eigenvalue weighted by Gasteiger charge is 2.26. The Bertz CT molecular complexity index is 800. The molecular formula is C14H21ClN2O5S2. The van der Waals surface area contributed by atoms with Gasteiger partial charge in [-0.1, -0.05) is 25.4 Å². The Morgan fingerprint density at radius 3 is 2.08 bits per heavy atom. The Balaban J connectivity index is 3.30. The van der Waals surface area contributed by atoms with Crippen molar-refractivity contribution in [3.8, 4) is 0 Å². The number of sulfonamides is 2. The van der Waals surface area contributed by atoms with Crippen LogP contribution in [0.3, 0.4) is 0 Å². The maximum Gasteiger partial charge on any atom is 0.265 e. The van der Waals surface area contributed by atoms with Crippen LogP contribution in [0.4, 0.5) is 0 Å². The van der Waals surface area contributed by atoms with Crippen LogP contribution in [0.5, 0.6) is 0 Å². The molecule has 0 spiro atoms. The topological polar surface area (TPSA) is 101 Å². The molecule has 0 aliphatic heterocycles. The Labute approximate surface area is 148 Å². The van der Waals surface area contributed by atoms with Gasteiger partial charge in [-0.05, 0) is 31.0 Å². The SMILES string of the molecule is CCCN(CCC)S(=O)(=O)c1ccc(S(=O)(=O)NC(C)=O)c(Cl)c1. The molecule has 7 nitrogen and oxygen atoms in total. The van der Waals surface area contributed by atoms with E-state index >= 15 is 0 Å². The summed E-state index contributed by atoms with van der Waals surface area (Å²) in [6.45, 7) is 5.51. The molecule has 0 aromatic heterocycles. The van der Waals surface area contributed by atoms with E-state index < -0.39 is 26.0 Å². The number of halogens is 1. The van der Waals surface area contributed by atoms with Crippen molar-refractivity contribution in [2.45, 2.75) is 43.4 Å². The van der Waals surface area contributed by atoms with Crippen LogP contribution in [0.15, 0.2) is 28.0 Å². The predicted octanol–water partition coefficient (Wildman–Crippen LogP) is 1.98. The normalized spacial score (nSPS) is 12.4. The second-order valence-corrected chi connectivity index (χ2v) is 9.15. The number of carbonyl (C=O) groups is 1. The molecule has 1 N–H and O–H groups in total. The van der Waals surface area contributed by atoms with Crippen LogP contribution < -0.4 is 4.72 Å². The smallest absolute Gasteiger partial charge is 0.265 e. The van der Waals surface area contributed by atoms with E-state index in [9.17, 15) is 21.6 Å². The summed E-state index contributed by atoms with van der Waals surface area (Å²) in [5, 5.41) is -0.266. The van der Waals surface area contributed by atoms with Crippen molar-refractivity contribution in [2.24, 2.45) is 0 Å². The van der Waals surface area contributed by atoms with E-state index in [4.69, 9.17) is 11.6 Å². The molecule has 0 aliphatic carbocycles. The Hall–Kier alpha value is -1.16. The highest BCUT2D eigenvalue weighted by Crippen LogP contribution is 2.26. The van der Waals surface area contributed by atoms with E-state index in [1.165, 1.54) is 10.4 Å². The average Bonchev–Trinajstić information content (AvgIpc) is 2.45. The maximum absolute atomic E-state index is 12.7. The minimum atomic E-state index is -4.13. The van der Waals surface area contributed by atoms with Gasteiger partial charge in [0.25, 0.3) is 10.0 Å². The molecule has 0 atom stereocenters. The first-order valence-corrected chi connectivity index (χ1v) is 10.7. The zero-order valence-corrected chi connectivity index (χ0v) is 16.1. The fourth-order valence-corrected chi connectivity index (χ4v) is 5.36. The van der Waals surface area contributed by atoms with Gasteiger partial charge in [0.05, 0.1) is 9.92 Å². The van der Waals surface area contributed by atoms with E-state index in [2.05, 4.69) is 0 Å². The highest BCUT2D eigenvalue weighted by atomic mass is 35.5. The molecule has 1 rings (SSSR count). The van der Waals surface area contributed by atoms with E-state index in [0.29, 0.717) is 25.9 Å². The predicted molar refractivity (Wildman–Crippen MR) is 91.8 cm³/mol. The third kappa shape index (κ3) is 4.92. The summed E-state index contributed by atoms with van der Waals surface area (Å²) in [4.78, 5) is 10.5. The van der Waals surface area contributed by atoms with E-state index in [1.54, 1.807) is 4.72 Å². The van der Waals surface area contributed by atoms with Gasteiger partial charge in [-0.25, -0.2) is 21.6 Å². The fraction of sp³-hybridized carbons (Fsp3) is 0.500. The van der Waals surface area contributed by atoms with Crippen molar-refractivity contribution in [1.29, 1.82) is 0 Å². The first-order chi connectivity index (χ1) is 11.1. The second kappa shape index (κ2) is 8.28. The number of amides is 1. The van der Waals surface area contributed by atoms with Crippen LogP contribution in [-0.2, 0) is 24.8 Å². The first kappa shape index (κ1) is 20.9. The Morgan fingerprint density at radius 2 is 1.67 bits per heavy atom. The lowest BCUT2D eigenvalue weighted by Gasteiger charge is -2.21. The summed E-state index contributed by atoms with van der Waals surface area (Å²) < 4.78 is 52.4. The number of carbonyl (C=O) groups excluding carboxylic acids is 1. The van der Waals surface area contributed by atoms with Gasteiger partial charge in [0.15, 0.2) is 0 Å². The van der Waals surface area contributed by atoms with E-state index in [0.717, 1.165) is 19.1 Å². The van der Waals surface area contributed by atoms with Crippen LogP contribution >= 0.6 is 11.6 Å². The molecule has 0 aliphatic rings. The minimum absolute atomic E-state index is 0.0869. The number of benzene rings is 1. The first-order valence-electron chi connectivity index (χ1n) is 7.39. The lowest BCUT2D eigenvalue weighted by molar-refractivity contribution is -0.117. The average molecular weight is 397 g/mol. The third-order valence-electron chi connectivity index (χ3n) is 3.05. The zero-order valence-electron chi connectivity index (χ0n) is 13.7. The van der Waals surface area contributed by atoms with Gasteiger partial charge in [0, 0.05) is 20.0 Å². The van der Waals surface area contributed by atoms with Gasteiger partial charge < -0.3 is 0 Å². The van der Waals surface area contributed by atoms with Gasteiger partial charge in [-0.2, -0.15) is 4.31 Å². The van der Waals surface area contributed by atoms with Gasteiger partial charge in [-0.15, -0.1) is 0 Å². The lowest BCUT2D eigenvalue weighted by atomic mass is 10.4. The van der Waals surface area contributed by atoms with Crippen LogP contribution in [0.1, 0.15) is 33.6 Å². The van der Waals surface area contributed by atoms with Crippen LogP contribution in [-0.4, -0.2) is 40.1 Å². The van der Waals surface area contributed by atoms with Crippen LogP contribution in [0, 0.1) is 0 Å². The summed E-state index contributed by atoms with van der Waals surface area (Å²) in [5.41, 5.74) is 0. The van der Waals surface area contributed by atoms with Crippen molar-refractivity contribution in [3.63, 3.8) is 0 Å². The van der Waals surface area contributed by atoms with Crippen LogP contribution in [0.2, 0.25) is 5.02 Å². The van der Waals surface area contributed by atoms with Crippen molar-refractivity contribution in [1.82, 2.24) is 9.03 Å². The molecule has 0 saturated carbocycles. The second-order valence-electron chi connectivity index (χ2n) is 5.16. The molecule has 0 bridgehead atoms. The molecule has 0 saturated heterocycles. The summed E-state index contributed by atoms with van der Waals surface area (Å²) in [5.74, 6) is -0.764.